The number of pyridine rings is 2. The van der Waals surface area contributed by atoms with Crippen molar-refractivity contribution in [1.29, 1.82) is 0 Å². The van der Waals surface area contributed by atoms with Crippen molar-refractivity contribution in [3.63, 3.8) is 0 Å². The quantitative estimate of drug-likeness (QED) is 0.760. The first kappa shape index (κ1) is 15.5. The Morgan fingerprint density at radius 1 is 1.39 bits per heavy atom. The van der Waals surface area contributed by atoms with E-state index in [2.05, 4.69) is 31.2 Å². The minimum absolute atomic E-state index is 0.252. The van der Waals surface area contributed by atoms with Crippen LogP contribution in [0.5, 0.6) is 5.75 Å². The summed E-state index contributed by atoms with van der Waals surface area (Å²) in [7, 11) is 1.58. The van der Waals surface area contributed by atoms with Crippen molar-refractivity contribution in [3.8, 4) is 5.75 Å². The summed E-state index contributed by atoms with van der Waals surface area (Å²) in [5.41, 5.74) is 1.83. The van der Waals surface area contributed by atoms with Gasteiger partial charge in [0.2, 0.25) is 0 Å². The van der Waals surface area contributed by atoms with Crippen LogP contribution in [-0.2, 0) is 6.42 Å². The highest BCUT2D eigenvalue weighted by atomic mass is 79.9. The lowest BCUT2D eigenvalue weighted by molar-refractivity contribution is 0.102. The van der Waals surface area contributed by atoms with E-state index in [1.807, 2.05) is 25.1 Å². The van der Waals surface area contributed by atoms with Crippen molar-refractivity contribution in [3.05, 3.63) is 52.5 Å². The van der Waals surface area contributed by atoms with Crippen LogP contribution >= 0.6 is 15.9 Å². The third kappa shape index (κ3) is 2.92. The molecule has 0 radical (unpaired) electrons. The van der Waals surface area contributed by atoms with E-state index in [9.17, 15) is 4.79 Å². The van der Waals surface area contributed by atoms with E-state index in [-0.39, 0.29) is 5.91 Å². The fourth-order valence-corrected chi connectivity index (χ4v) is 2.60. The Morgan fingerprint density at radius 3 is 2.87 bits per heavy atom. The van der Waals surface area contributed by atoms with Crippen molar-refractivity contribution in [2.45, 2.75) is 13.3 Å². The molecule has 0 spiro atoms. The van der Waals surface area contributed by atoms with Crippen molar-refractivity contribution >= 4 is 33.3 Å². The maximum atomic E-state index is 12.7. The van der Waals surface area contributed by atoms with Gasteiger partial charge in [-0.25, -0.2) is 9.97 Å². The van der Waals surface area contributed by atoms with Crippen LogP contribution in [-0.4, -0.2) is 27.4 Å². The summed E-state index contributed by atoms with van der Waals surface area (Å²) in [6, 6.07) is 7.19. The van der Waals surface area contributed by atoms with Gasteiger partial charge < -0.3 is 10.1 Å². The van der Waals surface area contributed by atoms with Gasteiger partial charge in [0.05, 0.1) is 12.8 Å². The maximum absolute atomic E-state index is 12.7. The van der Waals surface area contributed by atoms with E-state index in [4.69, 9.17) is 4.74 Å². The first-order valence-corrected chi connectivity index (χ1v) is 7.90. The highest BCUT2D eigenvalue weighted by Gasteiger charge is 2.20. The van der Waals surface area contributed by atoms with E-state index in [0.717, 1.165) is 4.47 Å². The van der Waals surface area contributed by atoms with Crippen LogP contribution in [0.2, 0.25) is 0 Å². The Labute approximate surface area is 141 Å². The number of aromatic nitrogens is 3. The van der Waals surface area contributed by atoms with Crippen molar-refractivity contribution < 1.29 is 9.53 Å². The Hall–Kier alpha value is -2.41. The van der Waals surface area contributed by atoms with Crippen LogP contribution in [0.1, 0.15) is 23.1 Å². The van der Waals surface area contributed by atoms with Gasteiger partial charge in [-0.15, -0.1) is 0 Å². The van der Waals surface area contributed by atoms with Crippen molar-refractivity contribution in [1.82, 2.24) is 14.4 Å². The number of anilines is 1. The summed E-state index contributed by atoms with van der Waals surface area (Å²) in [6.07, 6.45) is 4.07. The monoisotopic (exact) mass is 374 g/mol. The average molecular weight is 375 g/mol. The lowest BCUT2D eigenvalue weighted by atomic mass is 10.2. The molecule has 0 saturated heterocycles. The third-order valence-electron chi connectivity index (χ3n) is 3.43. The molecule has 118 valence electrons. The van der Waals surface area contributed by atoms with Crippen LogP contribution in [0.25, 0.3) is 5.65 Å². The van der Waals surface area contributed by atoms with E-state index < -0.39 is 0 Å². The Bertz CT molecular complexity index is 858. The molecule has 0 aromatic carbocycles. The molecular formula is C16H15BrN4O2. The largest absolute Gasteiger partial charge is 0.493 e. The Morgan fingerprint density at radius 2 is 2.22 bits per heavy atom. The molecule has 0 saturated carbocycles. The molecule has 3 aromatic rings. The number of imidazole rings is 1. The van der Waals surface area contributed by atoms with Gasteiger partial charge in [0.25, 0.3) is 5.91 Å². The molecule has 6 nitrogen and oxygen atoms in total. The second-order valence-electron chi connectivity index (χ2n) is 4.85. The minimum atomic E-state index is -0.252. The second-order valence-corrected chi connectivity index (χ2v) is 5.76. The fourth-order valence-electron chi connectivity index (χ4n) is 2.36. The number of amides is 1. The highest BCUT2D eigenvalue weighted by molar-refractivity contribution is 9.10. The SMILES string of the molecule is CCc1nc2c(OC)cccn2c1C(=O)Nc1ccc(Br)cn1. The number of fused-ring (bicyclic) bond motifs is 1. The molecule has 0 atom stereocenters. The standard InChI is InChI=1S/C16H15BrN4O2/c1-3-11-14(16(22)20-13-7-6-10(17)9-18-13)21-8-4-5-12(23-2)15(21)19-11/h4-9H,3H2,1-2H3,(H,18,20,22). The van der Waals surface area contributed by atoms with Crippen molar-refractivity contribution in [2.75, 3.05) is 12.4 Å². The van der Waals surface area contributed by atoms with Gasteiger partial charge in [-0.3, -0.25) is 9.20 Å². The molecule has 1 N–H and O–H groups in total. The topological polar surface area (TPSA) is 68.5 Å². The van der Waals surface area contributed by atoms with Crippen LogP contribution in [0.3, 0.4) is 0 Å². The summed E-state index contributed by atoms with van der Waals surface area (Å²) in [4.78, 5) is 21.4. The van der Waals surface area contributed by atoms with E-state index in [0.29, 0.717) is 35.0 Å². The van der Waals surface area contributed by atoms with Gasteiger partial charge in [-0.1, -0.05) is 6.92 Å². The normalized spacial score (nSPS) is 10.7. The first-order chi connectivity index (χ1) is 11.1. The molecule has 3 heterocycles. The van der Waals surface area contributed by atoms with E-state index in [1.54, 1.807) is 30.0 Å². The van der Waals surface area contributed by atoms with Gasteiger partial charge in [-0.05, 0) is 46.6 Å². The van der Waals surface area contributed by atoms with Gasteiger partial charge in [0.1, 0.15) is 11.5 Å². The molecule has 0 fully saturated rings. The number of aryl methyl sites for hydroxylation is 1. The highest BCUT2D eigenvalue weighted by Crippen LogP contribution is 2.23. The second kappa shape index (κ2) is 6.37. The number of ether oxygens (including phenoxy) is 1. The molecule has 0 unspecified atom stereocenters. The number of carbonyl (C=O) groups excluding carboxylic acids is 1. The third-order valence-corrected chi connectivity index (χ3v) is 3.89. The predicted octanol–water partition coefficient (Wildman–Crippen LogP) is 3.32. The molecule has 1 amide bonds. The van der Waals surface area contributed by atoms with Crippen molar-refractivity contribution in [2.24, 2.45) is 0 Å². The van der Waals surface area contributed by atoms with Crippen LogP contribution in [0.4, 0.5) is 5.82 Å². The molecule has 0 aliphatic rings. The summed E-state index contributed by atoms with van der Waals surface area (Å²) >= 11 is 3.32. The van der Waals surface area contributed by atoms with Gasteiger partial charge in [0, 0.05) is 16.9 Å². The average Bonchev–Trinajstić information content (AvgIpc) is 2.95. The zero-order valence-corrected chi connectivity index (χ0v) is 14.3. The maximum Gasteiger partial charge on any atom is 0.275 e. The molecule has 0 aliphatic carbocycles. The number of methoxy groups -OCH3 is 1. The summed E-state index contributed by atoms with van der Waals surface area (Å²) < 4.78 is 7.91. The fraction of sp³-hybridized carbons (Fsp3) is 0.188. The lowest BCUT2D eigenvalue weighted by Gasteiger charge is -2.07. The number of nitrogens with one attached hydrogen (secondary N) is 1. The number of nitrogens with zero attached hydrogens (tertiary/aromatic N) is 3. The number of hydrogen-bond donors (Lipinski definition) is 1. The zero-order chi connectivity index (χ0) is 16.4. The summed E-state index contributed by atoms with van der Waals surface area (Å²) in [5, 5.41) is 2.80. The Balaban J connectivity index is 2.04. The molecule has 23 heavy (non-hydrogen) atoms. The summed E-state index contributed by atoms with van der Waals surface area (Å²) in [6.45, 7) is 1.96. The zero-order valence-electron chi connectivity index (χ0n) is 12.7. The minimum Gasteiger partial charge on any atom is -0.493 e. The van der Waals surface area contributed by atoms with Gasteiger partial charge in [0.15, 0.2) is 11.4 Å². The van der Waals surface area contributed by atoms with E-state index in [1.165, 1.54) is 0 Å². The molecule has 3 aromatic heterocycles. The molecule has 0 aliphatic heterocycles. The lowest BCUT2D eigenvalue weighted by Crippen LogP contribution is -2.17. The first-order valence-electron chi connectivity index (χ1n) is 7.11. The van der Waals surface area contributed by atoms with Crippen LogP contribution in [0.15, 0.2) is 41.1 Å². The number of hydrogen-bond acceptors (Lipinski definition) is 4. The van der Waals surface area contributed by atoms with Gasteiger partial charge in [-0.2, -0.15) is 0 Å². The smallest absolute Gasteiger partial charge is 0.275 e. The van der Waals surface area contributed by atoms with Crippen LogP contribution in [0, 0.1) is 0 Å². The Kier molecular flexibility index (Phi) is 4.29. The van der Waals surface area contributed by atoms with Gasteiger partial charge >= 0.3 is 0 Å². The van der Waals surface area contributed by atoms with E-state index >= 15 is 0 Å². The molecule has 7 heteroatoms. The van der Waals surface area contributed by atoms with Crippen LogP contribution < -0.4 is 10.1 Å². The molecule has 0 bridgehead atoms. The predicted molar refractivity (Wildman–Crippen MR) is 91.0 cm³/mol. The number of halogens is 1. The number of carbonyl (C=O) groups is 1. The number of rotatable bonds is 4. The molecular weight excluding hydrogens is 360 g/mol. The summed E-state index contributed by atoms with van der Waals surface area (Å²) in [5.74, 6) is 0.860. The molecule has 3 rings (SSSR count).